The van der Waals surface area contributed by atoms with Crippen LogP contribution in [-0.4, -0.2) is 23.2 Å². The Morgan fingerprint density at radius 1 is 1.32 bits per heavy atom. The topological polar surface area (TPSA) is 59.2 Å². The maximum atomic E-state index is 12.5. The number of fused-ring (bicyclic) bond motifs is 1. The van der Waals surface area contributed by atoms with Crippen LogP contribution >= 0.6 is 11.8 Å². The maximum Gasteiger partial charge on any atom is 0.236 e. The van der Waals surface area contributed by atoms with Crippen LogP contribution in [-0.2, 0) is 17.0 Å². The minimum Gasteiger partial charge on any atom is -0.398 e. The fraction of sp³-hybridized carbons (Fsp3) is 0.294. The molecule has 1 aromatic carbocycles. The molecule has 3 rings (SSSR count). The molecule has 22 heavy (non-hydrogen) atoms. The van der Waals surface area contributed by atoms with Crippen LogP contribution in [0, 0.1) is 0 Å². The Labute approximate surface area is 134 Å². The number of pyridine rings is 1. The molecular weight excluding hydrogens is 294 g/mol. The Bertz CT molecular complexity index is 660. The highest BCUT2D eigenvalue weighted by molar-refractivity contribution is 7.99. The van der Waals surface area contributed by atoms with Crippen molar-refractivity contribution in [3.05, 3.63) is 53.9 Å². The highest BCUT2D eigenvalue weighted by Crippen LogP contribution is 2.31. The number of carbonyl (C=O) groups is 1. The number of hydrogen-bond donors (Lipinski definition) is 1. The van der Waals surface area contributed by atoms with E-state index in [4.69, 9.17) is 5.73 Å². The number of anilines is 2. The summed E-state index contributed by atoms with van der Waals surface area (Å²) < 4.78 is 0. The van der Waals surface area contributed by atoms with E-state index in [0.717, 1.165) is 47.6 Å². The Morgan fingerprint density at radius 2 is 2.23 bits per heavy atom. The van der Waals surface area contributed by atoms with Crippen LogP contribution in [0.25, 0.3) is 0 Å². The van der Waals surface area contributed by atoms with Crippen LogP contribution in [0.5, 0.6) is 0 Å². The van der Waals surface area contributed by atoms with Crippen molar-refractivity contribution in [3.63, 3.8) is 0 Å². The van der Waals surface area contributed by atoms with E-state index in [0.29, 0.717) is 5.75 Å². The smallest absolute Gasteiger partial charge is 0.236 e. The fourth-order valence-electron chi connectivity index (χ4n) is 2.73. The van der Waals surface area contributed by atoms with Crippen molar-refractivity contribution in [2.45, 2.75) is 18.6 Å². The molecule has 1 aliphatic heterocycles. The molecule has 1 amide bonds. The van der Waals surface area contributed by atoms with Gasteiger partial charge in [-0.1, -0.05) is 12.1 Å². The summed E-state index contributed by atoms with van der Waals surface area (Å²) in [6.07, 6.45) is 5.53. The molecule has 0 unspecified atom stereocenters. The first-order valence-corrected chi connectivity index (χ1v) is 8.55. The molecule has 0 saturated carbocycles. The number of aromatic nitrogens is 1. The number of amides is 1. The van der Waals surface area contributed by atoms with E-state index in [1.54, 1.807) is 18.0 Å². The number of benzene rings is 1. The highest BCUT2D eigenvalue weighted by atomic mass is 32.2. The first-order valence-electron chi connectivity index (χ1n) is 7.40. The van der Waals surface area contributed by atoms with E-state index >= 15 is 0 Å². The van der Waals surface area contributed by atoms with Crippen molar-refractivity contribution in [2.75, 3.05) is 22.9 Å². The molecule has 1 aromatic heterocycles. The zero-order valence-corrected chi connectivity index (χ0v) is 13.2. The number of carbonyl (C=O) groups excluding carboxylic acids is 1. The third kappa shape index (κ3) is 3.25. The molecule has 0 aliphatic carbocycles. The van der Waals surface area contributed by atoms with Gasteiger partial charge in [-0.3, -0.25) is 9.78 Å². The van der Waals surface area contributed by atoms with Crippen molar-refractivity contribution in [1.29, 1.82) is 0 Å². The molecular formula is C17H19N3OS. The summed E-state index contributed by atoms with van der Waals surface area (Å²) in [4.78, 5) is 18.5. The minimum absolute atomic E-state index is 0.153. The third-order valence-electron chi connectivity index (χ3n) is 3.80. The standard InChI is InChI=1S/C17H19N3OS/c18-15-6-1-7-16-14(15)5-3-9-20(16)17(21)12-22-11-13-4-2-8-19-10-13/h1-2,4,6-8,10H,3,5,9,11-12,18H2. The van der Waals surface area contributed by atoms with Gasteiger partial charge in [0.25, 0.3) is 0 Å². The molecule has 5 heteroatoms. The van der Waals surface area contributed by atoms with E-state index < -0.39 is 0 Å². The first kappa shape index (κ1) is 14.9. The summed E-state index contributed by atoms with van der Waals surface area (Å²) in [5.74, 6) is 1.43. The summed E-state index contributed by atoms with van der Waals surface area (Å²) >= 11 is 1.62. The van der Waals surface area contributed by atoms with Crippen molar-refractivity contribution in [3.8, 4) is 0 Å². The summed E-state index contributed by atoms with van der Waals surface area (Å²) in [7, 11) is 0. The second-order valence-corrected chi connectivity index (χ2v) is 6.33. The van der Waals surface area contributed by atoms with Crippen LogP contribution in [0.1, 0.15) is 17.5 Å². The van der Waals surface area contributed by atoms with E-state index in [-0.39, 0.29) is 5.91 Å². The van der Waals surface area contributed by atoms with Gasteiger partial charge in [0.1, 0.15) is 0 Å². The number of thioether (sulfide) groups is 1. The van der Waals surface area contributed by atoms with Gasteiger partial charge in [-0.25, -0.2) is 0 Å². The van der Waals surface area contributed by atoms with Crippen molar-refractivity contribution >= 4 is 29.0 Å². The predicted molar refractivity (Wildman–Crippen MR) is 91.9 cm³/mol. The van der Waals surface area contributed by atoms with Crippen LogP contribution < -0.4 is 10.6 Å². The van der Waals surface area contributed by atoms with Crippen LogP contribution in [0.2, 0.25) is 0 Å². The second kappa shape index (κ2) is 6.83. The van der Waals surface area contributed by atoms with Gasteiger partial charge < -0.3 is 10.6 Å². The van der Waals surface area contributed by atoms with Gasteiger partial charge in [0.2, 0.25) is 5.91 Å². The van der Waals surface area contributed by atoms with Crippen LogP contribution in [0.4, 0.5) is 11.4 Å². The Kier molecular flexibility index (Phi) is 4.63. The highest BCUT2D eigenvalue weighted by Gasteiger charge is 2.23. The molecule has 0 radical (unpaired) electrons. The lowest BCUT2D eigenvalue weighted by molar-refractivity contribution is -0.116. The van der Waals surface area contributed by atoms with E-state index in [1.807, 2.05) is 41.4 Å². The lowest BCUT2D eigenvalue weighted by Gasteiger charge is -2.30. The van der Waals surface area contributed by atoms with E-state index in [2.05, 4.69) is 4.98 Å². The van der Waals surface area contributed by atoms with Gasteiger partial charge in [0.15, 0.2) is 0 Å². The average Bonchev–Trinajstić information content (AvgIpc) is 2.56. The largest absolute Gasteiger partial charge is 0.398 e. The van der Waals surface area contributed by atoms with Crippen molar-refractivity contribution < 1.29 is 4.79 Å². The molecule has 0 bridgehead atoms. The number of nitrogens with zero attached hydrogens (tertiary/aromatic N) is 2. The summed E-state index contributed by atoms with van der Waals surface area (Å²) in [5.41, 5.74) is 10.1. The minimum atomic E-state index is 0.153. The third-order valence-corrected chi connectivity index (χ3v) is 4.79. The predicted octanol–water partition coefficient (Wildman–Crippen LogP) is 2.88. The molecule has 4 nitrogen and oxygen atoms in total. The van der Waals surface area contributed by atoms with Gasteiger partial charge >= 0.3 is 0 Å². The Hall–Kier alpha value is -2.01. The molecule has 2 N–H and O–H groups in total. The number of nitrogen functional groups attached to an aromatic ring is 1. The monoisotopic (exact) mass is 313 g/mol. The van der Waals surface area contributed by atoms with Gasteiger partial charge in [0.05, 0.1) is 5.75 Å². The second-order valence-electron chi connectivity index (χ2n) is 5.35. The molecule has 114 valence electrons. The van der Waals surface area contributed by atoms with Gasteiger partial charge in [-0.15, -0.1) is 11.8 Å². The molecule has 0 atom stereocenters. The van der Waals surface area contributed by atoms with Crippen LogP contribution in [0.15, 0.2) is 42.7 Å². The zero-order valence-electron chi connectivity index (χ0n) is 12.4. The first-order chi connectivity index (χ1) is 10.8. The molecule has 1 aliphatic rings. The van der Waals surface area contributed by atoms with Gasteiger partial charge in [0, 0.05) is 36.1 Å². The molecule has 0 saturated heterocycles. The van der Waals surface area contributed by atoms with Crippen molar-refractivity contribution in [1.82, 2.24) is 4.98 Å². The van der Waals surface area contributed by atoms with Gasteiger partial charge in [-0.2, -0.15) is 0 Å². The molecule has 0 spiro atoms. The summed E-state index contributed by atoms with van der Waals surface area (Å²) in [5, 5.41) is 0. The van der Waals surface area contributed by atoms with Crippen molar-refractivity contribution in [2.24, 2.45) is 0 Å². The molecule has 2 heterocycles. The van der Waals surface area contributed by atoms with Crippen LogP contribution in [0.3, 0.4) is 0 Å². The Balaban J connectivity index is 1.63. The lowest BCUT2D eigenvalue weighted by atomic mass is 10.00. The normalized spacial score (nSPS) is 13.7. The lowest BCUT2D eigenvalue weighted by Crippen LogP contribution is -2.37. The number of hydrogen-bond acceptors (Lipinski definition) is 4. The fourth-order valence-corrected chi connectivity index (χ4v) is 3.57. The van der Waals surface area contributed by atoms with E-state index in [1.165, 1.54) is 0 Å². The molecule has 2 aromatic rings. The summed E-state index contributed by atoms with van der Waals surface area (Å²) in [6.45, 7) is 0.780. The number of rotatable bonds is 4. The van der Waals surface area contributed by atoms with Gasteiger partial charge in [-0.05, 0) is 42.2 Å². The quantitative estimate of drug-likeness (QED) is 0.882. The Morgan fingerprint density at radius 3 is 3.05 bits per heavy atom. The summed E-state index contributed by atoms with van der Waals surface area (Å²) in [6, 6.07) is 9.77. The average molecular weight is 313 g/mol. The number of nitrogens with two attached hydrogens (primary N) is 1. The molecule has 0 fully saturated rings. The van der Waals surface area contributed by atoms with E-state index in [9.17, 15) is 4.79 Å². The zero-order chi connectivity index (χ0) is 15.4. The SMILES string of the molecule is Nc1cccc2c1CCCN2C(=O)CSCc1cccnc1. The maximum absolute atomic E-state index is 12.5.